The zero-order valence-electron chi connectivity index (χ0n) is 14.3. The third kappa shape index (κ3) is 5.55. The maximum Gasteiger partial charge on any atom is 0.224 e. The van der Waals surface area contributed by atoms with Crippen LogP contribution in [0.3, 0.4) is 0 Å². The normalized spacial score (nSPS) is 11.3. The van der Waals surface area contributed by atoms with E-state index in [2.05, 4.69) is 22.8 Å². The van der Waals surface area contributed by atoms with E-state index in [1.807, 2.05) is 50.4 Å². The highest BCUT2D eigenvalue weighted by atomic mass is 35.5. The molecule has 2 aromatic rings. The first-order valence-corrected chi connectivity index (χ1v) is 7.79. The van der Waals surface area contributed by atoms with E-state index in [9.17, 15) is 4.79 Å². The van der Waals surface area contributed by atoms with Crippen LogP contribution in [-0.4, -0.2) is 26.6 Å². The predicted octanol–water partition coefficient (Wildman–Crippen LogP) is 3.26. The molecule has 1 unspecified atom stereocenters. The van der Waals surface area contributed by atoms with Gasteiger partial charge in [0.2, 0.25) is 5.91 Å². The standard InChI is InChI=1S/C19H24N2O2.ClH/c1-14(12-20-2)19(22)21-13-15-4-6-16(7-5-15)17-8-10-18(23-3)11-9-17;/h4-11,14,20H,12-13H2,1-3H3,(H,21,22);1H. The fourth-order valence-electron chi connectivity index (χ4n) is 2.36. The highest BCUT2D eigenvalue weighted by molar-refractivity contribution is 5.85. The lowest BCUT2D eigenvalue weighted by atomic mass is 10.0. The van der Waals surface area contributed by atoms with Gasteiger partial charge in [0.05, 0.1) is 7.11 Å². The molecule has 0 fully saturated rings. The van der Waals surface area contributed by atoms with E-state index in [1.165, 1.54) is 0 Å². The van der Waals surface area contributed by atoms with Gasteiger partial charge in [0, 0.05) is 19.0 Å². The molecule has 0 aromatic heterocycles. The fourth-order valence-corrected chi connectivity index (χ4v) is 2.36. The second-order valence-corrected chi connectivity index (χ2v) is 5.60. The number of methoxy groups -OCH3 is 1. The van der Waals surface area contributed by atoms with Crippen LogP contribution in [-0.2, 0) is 11.3 Å². The largest absolute Gasteiger partial charge is 0.497 e. The van der Waals surface area contributed by atoms with Gasteiger partial charge in [0.1, 0.15) is 5.75 Å². The molecule has 24 heavy (non-hydrogen) atoms. The maximum atomic E-state index is 11.9. The van der Waals surface area contributed by atoms with E-state index >= 15 is 0 Å². The molecule has 1 amide bonds. The second kappa shape index (κ2) is 9.96. The van der Waals surface area contributed by atoms with Gasteiger partial charge in [-0.05, 0) is 35.9 Å². The van der Waals surface area contributed by atoms with Crippen molar-refractivity contribution in [3.8, 4) is 16.9 Å². The summed E-state index contributed by atoms with van der Waals surface area (Å²) in [5.74, 6) is 0.890. The molecular weight excluding hydrogens is 324 g/mol. The lowest BCUT2D eigenvalue weighted by Gasteiger charge is -2.12. The Balaban J connectivity index is 0.00000288. The highest BCUT2D eigenvalue weighted by Gasteiger charge is 2.10. The highest BCUT2D eigenvalue weighted by Crippen LogP contribution is 2.22. The Morgan fingerprint density at radius 1 is 1.04 bits per heavy atom. The molecule has 130 valence electrons. The van der Waals surface area contributed by atoms with Crippen molar-refractivity contribution in [2.24, 2.45) is 5.92 Å². The molecule has 2 rings (SSSR count). The number of hydrogen-bond acceptors (Lipinski definition) is 3. The summed E-state index contributed by atoms with van der Waals surface area (Å²) in [5.41, 5.74) is 3.38. The molecule has 0 aliphatic carbocycles. The minimum atomic E-state index is -0.0291. The number of hydrogen-bond donors (Lipinski definition) is 2. The second-order valence-electron chi connectivity index (χ2n) is 5.60. The Morgan fingerprint density at radius 3 is 2.08 bits per heavy atom. The van der Waals surface area contributed by atoms with Gasteiger partial charge >= 0.3 is 0 Å². The zero-order valence-corrected chi connectivity index (χ0v) is 15.2. The average Bonchev–Trinajstić information content (AvgIpc) is 2.60. The van der Waals surface area contributed by atoms with Crippen LogP contribution in [0, 0.1) is 5.92 Å². The van der Waals surface area contributed by atoms with Gasteiger partial charge in [-0.15, -0.1) is 12.4 Å². The van der Waals surface area contributed by atoms with E-state index in [4.69, 9.17) is 4.74 Å². The molecule has 1 atom stereocenters. The molecule has 0 saturated carbocycles. The van der Waals surface area contributed by atoms with Gasteiger partial charge in [0.25, 0.3) is 0 Å². The maximum absolute atomic E-state index is 11.9. The smallest absolute Gasteiger partial charge is 0.224 e. The first-order valence-electron chi connectivity index (χ1n) is 7.79. The van der Waals surface area contributed by atoms with Crippen LogP contribution < -0.4 is 15.4 Å². The third-order valence-electron chi connectivity index (χ3n) is 3.80. The lowest BCUT2D eigenvalue weighted by molar-refractivity contribution is -0.124. The summed E-state index contributed by atoms with van der Waals surface area (Å²) in [6, 6.07) is 16.2. The molecule has 0 radical (unpaired) electrons. The van der Waals surface area contributed by atoms with Crippen molar-refractivity contribution >= 4 is 18.3 Å². The monoisotopic (exact) mass is 348 g/mol. The van der Waals surface area contributed by atoms with Crippen LogP contribution in [0.2, 0.25) is 0 Å². The van der Waals surface area contributed by atoms with Gasteiger partial charge in [-0.25, -0.2) is 0 Å². The molecule has 0 saturated heterocycles. The third-order valence-corrected chi connectivity index (χ3v) is 3.80. The Bertz CT molecular complexity index is 627. The molecule has 0 heterocycles. The number of carbonyl (C=O) groups is 1. The number of benzene rings is 2. The minimum absolute atomic E-state index is 0. The average molecular weight is 349 g/mol. The van der Waals surface area contributed by atoms with Crippen molar-refractivity contribution in [1.82, 2.24) is 10.6 Å². The quantitative estimate of drug-likeness (QED) is 0.807. The summed E-state index contributed by atoms with van der Waals surface area (Å²) < 4.78 is 5.17. The van der Waals surface area contributed by atoms with Crippen LogP contribution in [0.15, 0.2) is 48.5 Å². The Labute approximate surface area is 150 Å². The summed E-state index contributed by atoms with van der Waals surface area (Å²) >= 11 is 0. The number of carbonyl (C=O) groups excluding carboxylic acids is 1. The summed E-state index contributed by atoms with van der Waals surface area (Å²) in [6.07, 6.45) is 0. The van der Waals surface area contributed by atoms with Crippen molar-refractivity contribution in [3.63, 3.8) is 0 Å². The molecule has 0 aliphatic heterocycles. The summed E-state index contributed by atoms with van der Waals surface area (Å²) in [5, 5.41) is 5.97. The first-order chi connectivity index (χ1) is 11.1. The predicted molar refractivity (Wildman–Crippen MR) is 101 cm³/mol. The van der Waals surface area contributed by atoms with Crippen molar-refractivity contribution in [1.29, 1.82) is 0 Å². The van der Waals surface area contributed by atoms with E-state index in [0.717, 1.165) is 22.4 Å². The van der Waals surface area contributed by atoms with E-state index in [1.54, 1.807) is 7.11 Å². The molecule has 0 spiro atoms. The van der Waals surface area contributed by atoms with Gasteiger partial charge in [-0.3, -0.25) is 4.79 Å². The number of halogens is 1. The first kappa shape index (κ1) is 20.0. The molecular formula is C19H25ClN2O2. The van der Waals surface area contributed by atoms with Crippen molar-refractivity contribution in [2.75, 3.05) is 20.7 Å². The van der Waals surface area contributed by atoms with Crippen LogP contribution in [0.25, 0.3) is 11.1 Å². The topological polar surface area (TPSA) is 50.4 Å². The van der Waals surface area contributed by atoms with Crippen LogP contribution in [0.4, 0.5) is 0 Å². The molecule has 5 heteroatoms. The van der Waals surface area contributed by atoms with Gasteiger partial charge in [-0.2, -0.15) is 0 Å². The number of ether oxygens (including phenoxy) is 1. The number of amides is 1. The van der Waals surface area contributed by atoms with Crippen molar-refractivity contribution in [2.45, 2.75) is 13.5 Å². The molecule has 0 aliphatic rings. The Morgan fingerprint density at radius 2 is 1.58 bits per heavy atom. The van der Waals surface area contributed by atoms with Crippen LogP contribution in [0.5, 0.6) is 5.75 Å². The van der Waals surface area contributed by atoms with Gasteiger partial charge in [0.15, 0.2) is 0 Å². The SMILES string of the molecule is CNCC(C)C(=O)NCc1ccc(-c2ccc(OC)cc2)cc1.Cl. The van der Waals surface area contributed by atoms with E-state index in [0.29, 0.717) is 13.1 Å². The number of rotatable bonds is 7. The number of nitrogens with one attached hydrogen (secondary N) is 2. The van der Waals surface area contributed by atoms with Gasteiger partial charge in [-0.1, -0.05) is 43.3 Å². The van der Waals surface area contributed by atoms with Gasteiger partial charge < -0.3 is 15.4 Å². The Hall–Kier alpha value is -2.04. The summed E-state index contributed by atoms with van der Waals surface area (Å²) in [4.78, 5) is 11.9. The van der Waals surface area contributed by atoms with Crippen molar-refractivity contribution < 1.29 is 9.53 Å². The van der Waals surface area contributed by atoms with E-state index < -0.39 is 0 Å². The van der Waals surface area contributed by atoms with Crippen LogP contribution >= 0.6 is 12.4 Å². The fraction of sp³-hybridized carbons (Fsp3) is 0.316. The van der Waals surface area contributed by atoms with Crippen molar-refractivity contribution in [3.05, 3.63) is 54.1 Å². The Kier molecular flexibility index (Phi) is 8.30. The molecule has 4 nitrogen and oxygen atoms in total. The van der Waals surface area contributed by atoms with E-state index in [-0.39, 0.29) is 24.2 Å². The molecule has 2 aromatic carbocycles. The minimum Gasteiger partial charge on any atom is -0.497 e. The molecule has 0 bridgehead atoms. The van der Waals surface area contributed by atoms with Crippen LogP contribution in [0.1, 0.15) is 12.5 Å². The lowest BCUT2D eigenvalue weighted by Crippen LogP contribution is -2.33. The molecule has 2 N–H and O–H groups in total. The summed E-state index contributed by atoms with van der Waals surface area (Å²) in [7, 11) is 3.51. The summed E-state index contributed by atoms with van der Waals surface area (Å²) in [6.45, 7) is 3.15. The zero-order chi connectivity index (χ0) is 16.7.